The van der Waals surface area contributed by atoms with Crippen LogP contribution in [-0.4, -0.2) is 39.0 Å². The molecule has 0 bridgehead atoms. The molecule has 9 heteroatoms. The topological polar surface area (TPSA) is 121 Å². The quantitative estimate of drug-likeness (QED) is 0.764. The number of imide groups is 1. The van der Waals surface area contributed by atoms with Gasteiger partial charge in [-0.1, -0.05) is 30.0 Å². The van der Waals surface area contributed by atoms with Crippen molar-refractivity contribution in [1.29, 1.82) is 0 Å². The van der Waals surface area contributed by atoms with E-state index in [4.69, 9.17) is 4.84 Å². The Hall–Kier alpha value is -3.49. The molecule has 2 heterocycles. The van der Waals surface area contributed by atoms with Gasteiger partial charge in [-0.25, -0.2) is 4.79 Å². The van der Waals surface area contributed by atoms with E-state index in [0.29, 0.717) is 23.7 Å². The van der Waals surface area contributed by atoms with Crippen LogP contribution in [0.15, 0.2) is 30.3 Å². The minimum Gasteiger partial charge on any atom is -0.329 e. The van der Waals surface area contributed by atoms with Gasteiger partial charge >= 0.3 is 5.97 Å². The number of nitrogens with one attached hydrogen (secondary N) is 2. The SMILES string of the molecule is Cc1cc(NC(=O)C2CCCCC2C(=O)ON2C(=O)c3ccccc3C2=O)n[nH]1. The average molecular weight is 396 g/mol. The molecule has 0 radical (unpaired) electrons. The molecule has 9 nitrogen and oxygen atoms in total. The van der Waals surface area contributed by atoms with Crippen LogP contribution in [0.2, 0.25) is 0 Å². The molecule has 2 aromatic rings. The van der Waals surface area contributed by atoms with Crippen LogP contribution in [-0.2, 0) is 14.4 Å². The third-order valence-electron chi connectivity index (χ3n) is 5.30. The summed E-state index contributed by atoms with van der Waals surface area (Å²) in [4.78, 5) is 55.5. The first-order valence-corrected chi connectivity index (χ1v) is 9.48. The third-order valence-corrected chi connectivity index (χ3v) is 5.30. The monoisotopic (exact) mass is 396 g/mol. The molecule has 0 spiro atoms. The predicted octanol–water partition coefficient (Wildman–Crippen LogP) is 2.22. The van der Waals surface area contributed by atoms with Gasteiger partial charge in [-0.2, -0.15) is 5.10 Å². The van der Waals surface area contributed by atoms with Crippen LogP contribution in [0, 0.1) is 18.8 Å². The number of hydrogen-bond acceptors (Lipinski definition) is 6. The Morgan fingerprint density at radius 3 is 2.31 bits per heavy atom. The molecule has 0 saturated heterocycles. The molecule has 2 atom stereocenters. The summed E-state index contributed by atoms with van der Waals surface area (Å²) >= 11 is 0. The van der Waals surface area contributed by atoms with Crippen molar-refractivity contribution in [3.63, 3.8) is 0 Å². The molecule has 3 amide bonds. The van der Waals surface area contributed by atoms with Crippen molar-refractivity contribution < 1.29 is 24.0 Å². The number of aromatic amines is 1. The van der Waals surface area contributed by atoms with E-state index >= 15 is 0 Å². The second-order valence-electron chi connectivity index (χ2n) is 7.28. The zero-order valence-electron chi connectivity index (χ0n) is 15.8. The van der Waals surface area contributed by atoms with Crippen LogP contribution in [0.3, 0.4) is 0 Å². The van der Waals surface area contributed by atoms with Crippen molar-refractivity contribution in [3.05, 3.63) is 47.2 Å². The number of H-pyrrole nitrogens is 1. The molecule has 1 saturated carbocycles. The summed E-state index contributed by atoms with van der Waals surface area (Å²) in [5.41, 5.74) is 1.18. The number of carbonyl (C=O) groups is 4. The van der Waals surface area contributed by atoms with Gasteiger partial charge in [-0.05, 0) is 31.9 Å². The molecule has 1 aliphatic carbocycles. The third kappa shape index (κ3) is 3.51. The molecule has 2 aliphatic rings. The molecular formula is C20H20N4O5. The Morgan fingerprint density at radius 2 is 1.72 bits per heavy atom. The van der Waals surface area contributed by atoms with Crippen molar-refractivity contribution in [2.24, 2.45) is 11.8 Å². The normalized spacial score (nSPS) is 21.1. The van der Waals surface area contributed by atoms with Crippen LogP contribution in [0.1, 0.15) is 52.1 Å². The van der Waals surface area contributed by atoms with Gasteiger partial charge < -0.3 is 10.2 Å². The Bertz CT molecular complexity index is 963. The van der Waals surface area contributed by atoms with Gasteiger partial charge in [0.15, 0.2) is 5.82 Å². The zero-order valence-corrected chi connectivity index (χ0v) is 15.8. The number of amides is 3. The summed E-state index contributed by atoms with van der Waals surface area (Å²) < 4.78 is 0. The maximum atomic E-state index is 12.8. The van der Waals surface area contributed by atoms with E-state index in [-0.39, 0.29) is 17.0 Å². The fraction of sp³-hybridized carbons (Fsp3) is 0.350. The highest BCUT2D eigenvalue weighted by molar-refractivity contribution is 6.20. The van der Waals surface area contributed by atoms with Gasteiger partial charge in [0.1, 0.15) is 0 Å². The summed E-state index contributed by atoms with van der Waals surface area (Å²) in [5.74, 6) is -3.43. The Morgan fingerprint density at radius 1 is 1.10 bits per heavy atom. The summed E-state index contributed by atoms with van der Waals surface area (Å²) in [6, 6.07) is 7.96. The van der Waals surface area contributed by atoms with E-state index in [1.807, 2.05) is 6.92 Å². The number of anilines is 1. The first-order chi connectivity index (χ1) is 14.0. The van der Waals surface area contributed by atoms with E-state index in [9.17, 15) is 19.2 Å². The zero-order chi connectivity index (χ0) is 20.5. The maximum absolute atomic E-state index is 12.8. The van der Waals surface area contributed by atoms with Crippen LogP contribution in [0.5, 0.6) is 0 Å². The number of aryl methyl sites for hydroxylation is 1. The average Bonchev–Trinajstić information content (AvgIpc) is 3.24. The molecule has 29 heavy (non-hydrogen) atoms. The van der Waals surface area contributed by atoms with Gasteiger partial charge in [-0.15, -0.1) is 0 Å². The van der Waals surface area contributed by atoms with E-state index in [1.54, 1.807) is 18.2 Å². The summed E-state index contributed by atoms with van der Waals surface area (Å²) in [5, 5.41) is 9.92. The molecule has 1 aromatic heterocycles. The molecule has 2 N–H and O–H groups in total. The lowest BCUT2D eigenvalue weighted by Crippen LogP contribution is -2.41. The van der Waals surface area contributed by atoms with Crippen LogP contribution < -0.4 is 5.32 Å². The Balaban J connectivity index is 1.47. The molecular weight excluding hydrogens is 376 g/mol. The van der Waals surface area contributed by atoms with Crippen LogP contribution >= 0.6 is 0 Å². The number of aromatic nitrogens is 2. The minimum absolute atomic E-state index is 0.192. The fourth-order valence-electron chi connectivity index (χ4n) is 3.84. The second-order valence-corrected chi connectivity index (χ2v) is 7.28. The molecule has 150 valence electrons. The fourth-order valence-corrected chi connectivity index (χ4v) is 3.84. The lowest BCUT2D eigenvalue weighted by Gasteiger charge is -2.29. The lowest BCUT2D eigenvalue weighted by atomic mass is 9.78. The van der Waals surface area contributed by atoms with Gasteiger partial charge in [-0.3, -0.25) is 19.5 Å². The molecule has 4 rings (SSSR count). The van der Waals surface area contributed by atoms with Crippen molar-refractivity contribution in [2.75, 3.05) is 5.32 Å². The van der Waals surface area contributed by atoms with E-state index in [0.717, 1.165) is 18.5 Å². The summed E-state index contributed by atoms with van der Waals surface area (Å²) in [6.45, 7) is 1.81. The Kier molecular flexibility index (Phi) is 4.87. The highest BCUT2D eigenvalue weighted by atomic mass is 16.7. The van der Waals surface area contributed by atoms with Gasteiger partial charge in [0.05, 0.1) is 23.0 Å². The minimum atomic E-state index is -0.752. The maximum Gasteiger partial charge on any atom is 0.337 e. The highest BCUT2D eigenvalue weighted by Gasteiger charge is 2.43. The second kappa shape index (κ2) is 7.50. The van der Waals surface area contributed by atoms with E-state index in [2.05, 4.69) is 15.5 Å². The summed E-state index contributed by atoms with van der Waals surface area (Å²) in [7, 11) is 0. The van der Waals surface area contributed by atoms with Crippen LogP contribution in [0.25, 0.3) is 0 Å². The van der Waals surface area contributed by atoms with Crippen LogP contribution in [0.4, 0.5) is 5.82 Å². The summed E-state index contributed by atoms with van der Waals surface area (Å²) in [6.07, 6.45) is 2.51. The number of benzene rings is 1. The van der Waals surface area contributed by atoms with Crippen molar-refractivity contribution in [3.8, 4) is 0 Å². The van der Waals surface area contributed by atoms with E-state index < -0.39 is 29.6 Å². The van der Waals surface area contributed by atoms with Gasteiger partial charge in [0.2, 0.25) is 5.91 Å². The molecule has 1 aromatic carbocycles. The largest absolute Gasteiger partial charge is 0.337 e. The lowest BCUT2D eigenvalue weighted by molar-refractivity contribution is -0.177. The number of carbonyl (C=O) groups excluding carboxylic acids is 4. The number of rotatable bonds is 4. The molecule has 1 fully saturated rings. The number of hydrogen-bond donors (Lipinski definition) is 2. The molecule has 2 unspecified atom stereocenters. The van der Waals surface area contributed by atoms with Crippen molar-refractivity contribution in [2.45, 2.75) is 32.6 Å². The number of nitrogens with zero attached hydrogens (tertiary/aromatic N) is 2. The smallest absolute Gasteiger partial charge is 0.329 e. The predicted molar refractivity (Wildman–Crippen MR) is 100 cm³/mol. The van der Waals surface area contributed by atoms with Crippen molar-refractivity contribution in [1.82, 2.24) is 15.3 Å². The number of fused-ring (bicyclic) bond motifs is 1. The first-order valence-electron chi connectivity index (χ1n) is 9.48. The highest BCUT2D eigenvalue weighted by Crippen LogP contribution is 2.33. The molecule has 1 aliphatic heterocycles. The Labute approximate surface area is 166 Å². The standard InChI is InChI=1S/C20H20N4O5/c1-11-10-16(23-22-11)21-17(25)12-6-2-5-9-15(12)20(28)29-24-18(26)13-7-3-4-8-14(13)19(24)27/h3-4,7-8,10,12,15H,2,5-6,9H2,1H3,(H2,21,22,23,25). The van der Waals surface area contributed by atoms with Gasteiger partial charge in [0, 0.05) is 11.8 Å². The van der Waals surface area contributed by atoms with Crippen molar-refractivity contribution >= 4 is 29.5 Å². The number of hydroxylamine groups is 2. The van der Waals surface area contributed by atoms with E-state index in [1.165, 1.54) is 12.1 Å². The first kappa shape index (κ1) is 18.9. The van der Waals surface area contributed by atoms with Gasteiger partial charge in [0.25, 0.3) is 11.8 Å².